The van der Waals surface area contributed by atoms with Crippen LogP contribution in [0, 0.1) is 0 Å². The molecule has 0 aliphatic heterocycles. The molecule has 0 aliphatic carbocycles. The van der Waals surface area contributed by atoms with E-state index in [1.165, 1.54) is 0 Å². The molecule has 1 aromatic rings. The summed E-state index contributed by atoms with van der Waals surface area (Å²) in [7, 11) is 0. The first-order valence-corrected chi connectivity index (χ1v) is 6.96. The molecule has 120 valence electrons. The lowest BCUT2D eigenvalue weighted by Crippen LogP contribution is -2.21. The first-order chi connectivity index (χ1) is 9.87. The average Bonchev–Trinajstić information content (AvgIpc) is 2.40. The second-order valence-corrected chi connectivity index (χ2v) is 5.01. The first-order valence-electron chi connectivity index (χ1n) is 6.96. The van der Waals surface area contributed by atoms with E-state index < -0.39 is 12.6 Å². The van der Waals surface area contributed by atoms with Crippen molar-refractivity contribution in [3.05, 3.63) is 29.8 Å². The summed E-state index contributed by atoms with van der Waals surface area (Å²) in [6.45, 7) is 4.93. The topological polar surface area (TPSA) is 30.5 Å². The van der Waals surface area contributed by atoms with Crippen LogP contribution in [0.4, 0.5) is 13.2 Å². The number of rotatable bonds is 9. The van der Waals surface area contributed by atoms with Crippen LogP contribution in [0.15, 0.2) is 24.3 Å². The predicted molar refractivity (Wildman–Crippen MR) is 75.4 cm³/mol. The Morgan fingerprint density at radius 3 is 2.57 bits per heavy atom. The van der Waals surface area contributed by atoms with Gasteiger partial charge in [0.05, 0.1) is 19.6 Å². The van der Waals surface area contributed by atoms with Crippen LogP contribution in [-0.2, 0) is 11.3 Å². The Kier molecular flexibility index (Phi) is 7.53. The molecule has 0 amide bonds. The lowest BCUT2D eigenvalue weighted by Gasteiger charge is -2.11. The molecule has 0 unspecified atom stereocenters. The lowest BCUT2D eigenvalue weighted by molar-refractivity contribution is -0.145. The molecule has 0 radical (unpaired) electrons. The Balaban J connectivity index is 2.21. The zero-order valence-corrected chi connectivity index (χ0v) is 12.4. The zero-order valence-electron chi connectivity index (χ0n) is 12.4. The van der Waals surface area contributed by atoms with Gasteiger partial charge in [-0.05, 0) is 17.7 Å². The van der Waals surface area contributed by atoms with Gasteiger partial charge in [-0.2, -0.15) is 13.2 Å². The third-order valence-electron chi connectivity index (χ3n) is 2.64. The molecule has 21 heavy (non-hydrogen) atoms. The van der Waals surface area contributed by atoms with E-state index in [-0.39, 0.29) is 19.8 Å². The van der Waals surface area contributed by atoms with Gasteiger partial charge < -0.3 is 14.8 Å². The van der Waals surface area contributed by atoms with Crippen LogP contribution in [0.1, 0.15) is 25.8 Å². The van der Waals surface area contributed by atoms with Crippen LogP contribution in [0.2, 0.25) is 0 Å². The minimum absolute atomic E-state index is 0.143. The van der Waals surface area contributed by atoms with E-state index in [4.69, 9.17) is 9.47 Å². The van der Waals surface area contributed by atoms with Crippen molar-refractivity contribution >= 4 is 0 Å². The molecule has 0 fully saturated rings. The minimum atomic E-state index is -4.17. The molecule has 3 nitrogen and oxygen atoms in total. The van der Waals surface area contributed by atoms with E-state index in [0.29, 0.717) is 11.8 Å². The average molecular weight is 305 g/mol. The van der Waals surface area contributed by atoms with Crippen molar-refractivity contribution in [3.63, 3.8) is 0 Å². The summed E-state index contributed by atoms with van der Waals surface area (Å²) in [6, 6.07) is 8.00. The van der Waals surface area contributed by atoms with Crippen molar-refractivity contribution in [2.45, 2.75) is 39.0 Å². The van der Waals surface area contributed by atoms with Crippen LogP contribution < -0.4 is 10.1 Å². The molecule has 6 heteroatoms. The fraction of sp³-hybridized carbons (Fsp3) is 0.600. The van der Waals surface area contributed by atoms with Gasteiger partial charge in [-0.3, -0.25) is 0 Å². The number of hydrogen-bond donors (Lipinski definition) is 1. The van der Waals surface area contributed by atoms with Crippen LogP contribution in [-0.4, -0.2) is 32.0 Å². The number of nitrogens with one attached hydrogen (secondary N) is 1. The normalized spacial score (nSPS) is 11.9. The molecule has 0 aliphatic rings. The maximum atomic E-state index is 11.9. The van der Waals surface area contributed by atoms with E-state index in [1.807, 2.05) is 24.3 Å². The standard InChI is InChI=1S/C15H22F3NO2/c1-12(2)19-11-13-4-3-5-14(10-13)21-9-8-20-7-6-15(16,17)18/h3-5,10,12,19H,6-9,11H2,1-2H3. The van der Waals surface area contributed by atoms with Crippen LogP contribution in [0.25, 0.3) is 0 Å². The van der Waals surface area contributed by atoms with E-state index in [1.54, 1.807) is 0 Å². The van der Waals surface area contributed by atoms with Crippen molar-refractivity contribution in [3.8, 4) is 5.75 Å². The molecule has 0 atom stereocenters. The van der Waals surface area contributed by atoms with E-state index in [2.05, 4.69) is 19.2 Å². The van der Waals surface area contributed by atoms with Crippen LogP contribution >= 0.6 is 0 Å². The Labute approximate surface area is 123 Å². The molecule has 0 spiro atoms. The van der Waals surface area contributed by atoms with E-state index in [0.717, 1.165) is 12.1 Å². The van der Waals surface area contributed by atoms with Crippen LogP contribution in [0.5, 0.6) is 5.75 Å². The quantitative estimate of drug-likeness (QED) is 0.708. The summed E-state index contributed by atoms with van der Waals surface area (Å²) in [6.07, 6.45) is -5.10. The highest BCUT2D eigenvalue weighted by molar-refractivity contribution is 5.28. The minimum Gasteiger partial charge on any atom is -0.491 e. The summed E-state index contributed by atoms with van der Waals surface area (Å²) < 4.78 is 46.0. The van der Waals surface area contributed by atoms with Crippen molar-refractivity contribution in [1.29, 1.82) is 0 Å². The van der Waals surface area contributed by atoms with E-state index >= 15 is 0 Å². The van der Waals surface area contributed by atoms with Gasteiger partial charge in [0.25, 0.3) is 0 Å². The van der Waals surface area contributed by atoms with Gasteiger partial charge in [-0.25, -0.2) is 0 Å². The maximum Gasteiger partial charge on any atom is 0.391 e. The molecule has 0 bridgehead atoms. The number of alkyl halides is 3. The molecule has 0 saturated carbocycles. The molecular weight excluding hydrogens is 283 g/mol. The summed E-state index contributed by atoms with van der Waals surface area (Å²) in [5.41, 5.74) is 1.10. The highest BCUT2D eigenvalue weighted by Gasteiger charge is 2.26. The molecule has 0 saturated heterocycles. The van der Waals surface area contributed by atoms with Crippen molar-refractivity contribution < 1.29 is 22.6 Å². The summed E-state index contributed by atoms with van der Waals surface area (Å²) in [4.78, 5) is 0. The van der Waals surface area contributed by atoms with Gasteiger partial charge >= 0.3 is 6.18 Å². The number of halogens is 3. The van der Waals surface area contributed by atoms with E-state index in [9.17, 15) is 13.2 Å². The fourth-order valence-corrected chi connectivity index (χ4v) is 1.58. The summed E-state index contributed by atoms with van der Waals surface area (Å²) >= 11 is 0. The molecule has 1 rings (SSSR count). The van der Waals surface area contributed by atoms with Gasteiger partial charge in [0.2, 0.25) is 0 Å². The SMILES string of the molecule is CC(C)NCc1cccc(OCCOCCC(F)(F)F)c1. The molecule has 1 aromatic carbocycles. The predicted octanol–water partition coefficient (Wildman–Crippen LogP) is 3.53. The number of hydrogen-bond acceptors (Lipinski definition) is 3. The summed E-state index contributed by atoms with van der Waals surface area (Å²) in [5, 5.41) is 3.30. The van der Waals surface area contributed by atoms with Gasteiger partial charge in [0.15, 0.2) is 0 Å². The maximum absolute atomic E-state index is 11.9. The molecule has 1 N–H and O–H groups in total. The third kappa shape index (κ3) is 9.31. The Morgan fingerprint density at radius 2 is 1.90 bits per heavy atom. The number of benzene rings is 1. The van der Waals surface area contributed by atoms with Crippen molar-refractivity contribution in [2.24, 2.45) is 0 Å². The zero-order chi connectivity index (χ0) is 15.7. The first kappa shape index (κ1) is 17.8. The fourth-order valence-electron chi connectivity index (χ4n) is 1.58. The Hall–Kier alpha value is -1.27. The second-order valence-electron chi connectivity index (χ2n) is 5.01. The monoisotopic (exact) mass is 305 g/mol. The third-order valence-corrected chi connectivity index (χ3v) is 2.64. The highest BCUT2D eigenvalue weighted by atomic mass is 19.4. The van der Waals surface area contributed by atoms with Gasteiger partial charge in [-0.1, -0.05) is 26.0 Å². The molecule has 0 heterocycles. The molecular formula is C15H22F3NO2. The Morgan fingerprint density at radius 1 is 1.14 bits per heavy atom. The van der Waals surface area contributed by atoms with Crippen molar-refractivity contribution in [1.82, 2.24) is 5.32 Å². The Bertz CT molecular complexity index is 408. The van der Waals surface area contributed by atoms with Gasteiger partial charge in [-0.15, -0.1) is 0 Å². The van der Waals surface area contributed by atoms with Crippen LogP contribution in [0.3, 0.4) is 0 Å². The number of ether oxygens (including phenoxy) is 2. The largest absolute Gasteiger partial charge is 0.491 e. The van der Waals surface area contributed by atoms with Gasteiger partial charge in [0, 0.05) is 12.6 Å². The second kappa shape index (κ2) is 8.89. The highest BCUT2D eigenvalue weighted by Crippen LogP contribution is 2.19. The van der Waals surface area contributed by atoms with Gasteiger partial charge in [0.1, 0.15) is 12.4 Å². The summed E-state index contributed by atoms with van der Waals surface area (Å²) in [5.74, 6) is 0.692. The lowest BCUT2D eigenvalue weighted by atomic mass is 10.2. The van der Waals surface area contributed by atoms with Crippen molar-refractivity contribution in [2.75, 3.05) is 19.8 Å². The smallest absolute Gasteiger partial charge is 0.391 e. The molecule has 0 aromatic heterocycles.